The first kappa shape index (κ1) is 16.6. The van der Waals surface area contributed by atoms with E-state index in [1.165, 1.54) is 11.1 Å². The predicted molar refractivity (Wildman–Crippen MR) is 76.3 cm³/mol. The number of rotatable bonds is 10. The fraction of sp³-hybridized carbons (Fsp3) is 0.533. The molecule has 0 saturated heterocycles. The Morgan fingerprint density at radius 1 is 1.25 bits per heavy atom. The summed E-state index contributed by atoms with van der Waals surface area (Å²) in [5.74, 6) is -0.321. The van der Waals surface area contributed by atoms with E-state index in [0.717, 1.165) is 6.54 Å². The van der Waals surface area contributed by atoms with Crippen molar-refractivity contribution in [3.8, 4) is 0 Å². The van der Waals surface area contributed by atoms with Gasteiger partial charge in [-0.05, 0) is 18.1 Å². The molecule has 5 nitrogen and oxygen atoms in total. The van der Waals surface area contributed by atoms with E-state index < -0.39 is 0 Å². The second-order valence-electron chi connectivity index (χ2n) is 4.24. The first-order valence-electron chi connectivity index (χ1n) is 6.77. The van der Waals surface area contributed by atoms with Gasteiger partial charge < -0.3 is 19.5 Å². The standard InChI is InChI=1S/C15H23NO4/c1-3-20-15(17)12-19-9-8-16-10-13-6-4-5-7-14(13)11-18-2/h4-7,16H,3,8-12H2,1-2H3. The normalized spacial score (nSPS) is 10.5. The number of esters is 1. The van der Waals surface area contributed by atoms with Crippen molar-refractivity contribution in [2.24, 2.45) is 0 Å². The van der Waals surface area contributed by atoms with Gasteiger partial charge >= 0.3 is 5.97 Å². The number of ether oxygens (including phenoxy) is 3. The molecule has 0 saturated carbocycles. The van der Waals surface area contributed by atoms with E-state index in [4.69, 9.17) is 14.2 Å². The molecule has 20 heavy (non-hydrogen) atoms. The molecule has 0 heterocycles. The van der Waals surface area contributed by atoms with Crippen LogP contribution in [-0.2, 0) is 32.2 Å². The van der Waals surface area contributed by atoms with Gasteiger partial charge in [-0.15, -0.1) is 0 Å². The van der Waals surface area contributed by atoms with E-state index in [1.807, 2.05) is 12.1 Å². The van der Waals surface area contributed by atoms with E-state index in [0.29, 0.717) is 26.4 Å². The highest BCUT2D eigenvalue weighted by Crippen LogP contribution is 2.09. The first-order valence-corrected chi connectivity index (χ1v) is 6.77. The van der Waals surface area contributed by atoms with Crippen LogP contribution >= 0.6 is 0 Å². The summed E-state index contributed by atoms with van der Waals surface area (Å²) < 4.78 is 15.1. The van der Waals surface area contributed by atoms with E-state index in [9.17, 15) is 4.79 Å². The topological polar surface area (TPSA) is 56.8 Å². The number of hydrogen-bond donors (Lipinski definition) is 1. The Bertz CT molecular complexity index is 395. The summed E-state index contributed by atoms with van der Waals surface area (Å²) in [6.45, 7) is 4.69. The van der Waals surface area contributed by atoms with Crippen molar-refractivity contribution in [1.29, 1.82) is 0 Å². The smallest absolute Gasteiger partial charge is 0.332 e. The minimum Gasteiger partial charge on any atom is -0.464 e. The molecule has 0 aliphatic heterocycles. The van der Waals surface area contributed by atoms with Gasteiger partial charge in [0.15, 0.2) is 0 Å². The molecule has 5 heteroatoms. The molecular formula is C15H23NO4. The van der Waals surface area contributed by atoms with Crippen LogP contribution in [0.1, 0.15) is 18.1 Å². The lowest BCUT2D eigenvalue weighted by Crippen LogP contribution is -2.22. The van der Waals surface area contributed by atoms with E-state index in [2.05, 4.69) is 17.4 Å². The predicted octanol–water partition coefficient (Wildman–Crippen LogP) is 1.50. The van der Waals surface area contributed by atoms with Crippen molar-refractivity contribution in [3.63, 3.8) is 0 Å². The van der Waals surface area contributed by atoms with Crippen LogP contribution in [0.3, 0.4) is 0 Å². The van der Waals surface area contributed by atoms with E-state index >= 15 is 0 Å². The molecule has 0 spiro atoms. The molecule has 112 valence electrons. The maximum atomic E-state index is 11.0. The molecule has 0 bridgehead atoms. The lowest BCUT2D eigenvalue weighted by atomic mass is 10.1. The molecule has 0 aliphatic carbocycles. The van der Waals surface area contributed by atoms with Gasteiger partial charge in [0.25, 0.3) is 0 Å². The summed E-state index contributed by atoms with van der Waals surface area (Å²) >= 11 is 0. The Labute approximate surface area is 120 Å². The van der Waals surface area contributed by atoms with Crippen LogP contribution in [-0.4, -0.2) is 39.4 Å². The Morgan fingerprint density at radius 3 is 2.70 bits per heavy atom. The van der Waals surface area contributed by atoms with Gasteiger partial charge in [0, 0.05) is 20.2 Å². The highest BCUT2D eigenvalue weighted by molar-refractivity contribution is 5.70. The van der Waals surface area contributed by atoms with Gasteiger partial charge in [-0.1, -0.05) is 24.3 Å². The zero-order valence-corrected chi connectivity index (χ0v) is 12.2. The van der Waals surface area contributed by atoms with Crippen molar-refractivity contribution in [2.45, 2.75) is 20.1 Å². The summed E-state index contributed by atoms with van der Waals surface area (Å²) in [4.78, 5) is 11.0. The van der Waals surface area contributed by atoms with Crippen LogP contribution in [0.15, 0.2) is 24.3 Å². The molecule has 0 aromatic heterocycles. The highest BCUT2D eigenvalue weighted by atomic mass is 16.6. The Balaban J connectivity index is 2.16. The van der Waals surface area contributed by atoms with E-state index in [1.54, 1.807) is 14.0 Å². The zero-order valence-electron chi connectivity index (χ0n) is 12.2. The van der Waals surface area contributed by atoms with Crippen molar-refractivity contribution in [3.05, 3.63) is 35.4 Å². The molecular weight excluding hydrogens is 258 g/mol. The molecule has 1 rings (SSSR count). The molecule has 0 fully saturated rings. The summed E-state index contributed by atoms with van der Waals surface area (Å²) in [5, 5.41) is 3.27. The maximum absolute atomic E-state index is 11.0. The second-order valence-corrected chi connectivity index (χ2v) is 4.24. The third kappa shape index (κ3) is 6.65. The number of nitrogens with one attached hydrogen (secondary N) is 1. The van der Waals surface area contributed by atoms with Crippen LogP contribution in [0.2, 0.25) is 0 Å². The third-order valence-electron chi connectivity index (χ3n) is 2.68. The average Bonchev–Trinajstić information content (AvgIpc) is 2.45. The molecule has 1 N–H and O–H groups in total. The van der Waals surface area contributed by atoms with Gasteiger partial charge in [0.1, 0.15) is 6.61 Å². The first-order chi connectivity index (χ1) is 9.77. The largest absolute Gasteiger partial charge is 0.464 e. The lowest BCUT2D eigenvalue weighted by Gasteiger charge is -2.10. The maximum Gasteiger partial charge on any atom is 0.332 e. The van der Waals surface area contributed by atoms with Gasteiger partial charge in [0.2, 0.25) is 0 Å². The summed E-state index contributed by atoms with van der Waals surface area (Å²) in [6, 6.07) is 8.13. The lowest BCUT2D eigenvalue weighted by molar-refractivity contribution is -0.148. The van der Waals surface area contributed by atoms with Crippen LogP contribution in [0.4, 0.5) is 0 Å². The molecule has 0 aliphatic rings. The van der Waals surface area contributed by atoms with E-state index in [-0.39, 0.29) is 12.6 Å². The summed E-state index contributed by atoms with van der Waals surface area (Å²) in [5.41, 5.74) is 2.38. The molecule has 1 aromatic carbocycles. The average molecular weight is 281 g/mol. The van der Waals surface area contributed by atoms with Crippen LogP contribution in [0.5, 0.6) is 0 Å². The number of benzene rings is 1. The zero-order chi connectivity index (χ0) is 14.6. The highest BCUT2D eigenvalue weighted by Gasteiger charge is 2.02. The van der Waals surface area contributed by atoms with Crippen molar-refractivity contribution < 1.29 is 19.0 Å². The fourth-order valence-electron chi connectivity index (χ4n) is 1.75. The van der Waals surface area contributed by atoms with Crippen LogP contribution in [0.25, 0.3) is 0 Å². The SMILES string of the molecule is CCOC(=O)COCCNCc1ccccc1COC. The summed E-state index contributed by atoms with van der Waals surface area (Å²) in [7, 11) is 1.69. The molecule has 0 amide bonds. The van der Waals surface area contributed by atoms with Gasteiger partial charge in [-0.2, -0.15) is 0 Å². The minimum absolute atomic E-state index is 0.00970. The van der Waals surface area contributed by atoms with Crippen LogP contribution < -0.4 is 5.32 Å². The summed E-state index contributed by atoms with van der Waals surface area (Å²) in [6.07, 6.45) is 0. The van der Waals surface area contributed by atoms with Crippen molar-refractivity contribution >= 4 is 5.97 Å². The second kappa shape index (κ2) is 10.4. The van der Waals surface area contributed by atoms with Crippen molar-refractivity contribution in [2.75, 3.05) is 33.5 Å². The van der Waals surface area contributed by atoms with Gasteiger partial charge in [0.05, 0.1) is 19.8 Å². The number of hydrogen-bond acceptors (Lipinski definition) is 5. The number of methoxy groups -OCH3 is 1. The Kier molecular flexibility index (Phi) is 8.62. The van der Waals surface area contributed by atoms with Crippen LogP contribution in [0, 0.1) is 0 Å². The molecule has 0 unspecified atom stereocenters. The monoisotopic (exact) mass is 281 g/mol. The van der Waals surface area contributed by atoms with Gasteiger partial charge in [-0.3, -0.25) is 0 Å². The molecule has 0 radical (unpaired) electrons. The Hall–Kier alpha value is -1.43. The Morgan fingerprint density at radius 2 is 2.00 bits per heavy atom. The quantitative estimate of drug-likeness (QED) is 0.520. The minimum atomic E-state index is -0.321. The van der Waals surface area contributed by atoms with Gasteiger partial charge in [-0.25, -0.2) is 4.79 Å². The van der Waals surface area contributed by atoms with Crippen molar-refractivity contribution in [1.82, 2.24) is 5.32 Å². The molecule has 1 aromatic rings. The number of carbonyl (C=O) groups excluding carboxylic acids is 1. The fourth-order valence-corrected chi connectivity index (χ4v) is 1.75. The number of carbonyl (C=O) groups is 1. The molecule has 0 atom stereocenters. The third-order valence-corrected chi connectivity index (χ3v) is 2.68.